The number of hydrogen-bond donors (Lipinski definition) is 0. The standard InChI is InChI=1S/C30H30N2O4/c1-29(2)24-18-21(27(33)19-7-11-23(12-8-19)31(3)4)9-13-25(24)32(5)30(29)16-15-20-17-22(28(34)35-6)10-14-26(20)36-30/h7-18H,1-6H3. The van der Waals surface area contributed by atoms with Crippen molar-refractivity contribution in [1.82, 2.24) is 0 Å². The Labute approximate surface area is 211 Å². The normalized spacial score (nSPS) is 18.9. The van der Waals surface area contributed by atoms with Gasteiger partial charge in [-0.25, -0.2) is 4.79 Å². The second-order valence-electron chi connectivity index (χ2n) is 10.1. The van der Waals surface area contributed by atoms with Gasteiger partial charge in [-0.2, -0.15) is 0 Å². The number of ether oxygens (including phenoxy) is 2. The lowest BCUT2D eigenvalue weighted by molar-refractivity contribution is 0.0574. The maximum Gasteiger partial charge on any atom is 0.337 e. The summed E-state index contributed by atoms with van der Waals surface area (Å²) in [6.07, 6.45) is 4.03. The molecule has 3 aromatic carbocycles. The number of benzene rings is 3. The molecule has 0 aromatic heterocycles. The molecule has 36 heavy (non-hydrogen) atoms. The van der Waals surface area contributed by atoms with Gasteiger partial charge in [-0.3, -0.25) is 4.79 Å². The van der Waals surface area contributed by atoms with Crippen LogP contribution in [0.4, 0.5) is 11.4 Å². The van der Waals surface area contributed by atoms with Crippen LogP contribution < -0.4 is 14.5 Å². The van der Waals surface area contributed by atoms with Crippen LogP contribution in [0.15, 0.2) is 66.7 Å². The fraction of sp³-hybridized carbons (Fsp3) is 0.267. The highest BCUT2D eigenvalue weighted by atomic mass is 16.5. The van der Waals surface area contributed by atoms with Gasteiger partial charge >= 0.3 is 5.97 Å². The van der Waals surface area contributed by atoms with Gasteiger partial charge in [0.05, 0.1) is 18.1 Å². The first kappa shape index (κ1) is 23.7. The number of ketones is 1. The predicted molar refractivity (Wildman–Crippen MR) is 142 cm³/mol. The summed E-state index contributed by atoms with van der Waals surface area (Å²) in [7, 11) is 7.33. The molecule has 0 N–H and O–H groups in total. The molecule has 2 heterocycles. The molecule has 0 aliphatic carbocycles. The Morgan fingerprint density at radius 1 is 0.917 bits per heavy atom. The van der Waals surface area contributed by atoms with Crippen LogP contribution >= 0.6 is 0 Å². The third kappa shape index (κ3) is 3.40. The number of nitrogens with zero attached hydrogens (tertiary/aromatic N) is 2. The van der Waals surface area contributed by atoms with E-state index in [4.69, 9.17) is 9.47 Å². The van der Waals surface area contributed by atoms with Crippen LogP contribution in [0, 0.1) is 0 Å². The van der Waals surface area contributed by atoms with Crippen molar-refractivity contribution in [2.45, 2.75) is 25.0 Å². The first-order chi connectivity index (χ1) is 17.1. The molecule has 6 heteroatoms. The molecule has 0 bridgehead atoms. The van der Waals surface area contributed by atoms with Crippen molar-refractivity contribution in [3.8, 4) is 5.75 Å². The van der Waals surface area contributed by atoms with E-state index in [2.05, 4.69) is 18.7 Å². The summed E-state index contributed by atoms with van der Waals surface area (Å²) in [5.74, 6) is 0.296. The molecule has 2 aliphatic heterocycles. The average molecular weight is 483 g/mol. The van der Waals surface area contributed by atoms with E-state index in [0.29, 0.717) is 22.4 Å². The highest BCUT2D eigenvalue weighted by Crippen LogP contribution is 2.54. The number of rotatable bonds is 4. The minimum Gasteiger partial charge on any atom is -0.465 e. The van der Waals surface area contributed by atoms with E-state index in [1.807, 2.05) is 86.7 Å². The lowest BCUT2D eigenvalue weighted by Gasteiger charge is -2.45. The number of fused-ring (bicyclic) bond motifs is 2. The molecule has 184 valence electrons. The van der Waals surface area contributed by atoms with E-state index in [0.717, 1.165) is 22.5 Å². The van der Waals surface area contributed by atoms with Crippen molar-refractivity contribution in [2.75, 3.05) is 38.1 Å². The molecule has 0 saturated heterocycles. The molecule has 1 unspecified atom stereocenters. The summed E-state index contributed by atoms with van der Waals surface area (Å²) in [4.78, 5) is 29.4. The molecule has 0 radical (unpaired) electrons. The molecule has 6 nitrogen and oxygen atoms in total. The number of hydrogen-bond acceptors (Lipinski definition) is 6. The summed E-state index contributed by atoms with van der Waals surface area (Å²) >= 11 is 0. The third-order valence-electron chi connectivity index (χ3n) is 7.52. The summed E-state index contributed by atoms with van der Waals surface area (Å²) < 4.78 is 11.5. The highest BCUT2D eigenvalue weighted by molar-refractivity contribution is 6.09. The summed E-state index contributed by atoms with van der Waals surface area (Å²) in [6.45, 7) is 4.27. The topological polar surface area (TPSA) is 59.1 Å². The van der Waals surface area contributed by atoms with Gasteiger partial charge in [-0.05, 0) is 92.2 Å². The predicted octanol–water partition coefficient (Wildman–Crippen LogP) is 5.30. The maximum atomic E-state index is 13.4. The van der Waals surface area contributed by atoms with Crippen LogP contribution in [0.25, 0.3) is 6.08 Å². The fourth-order valence-electron chi connectivity index (χ4n) is 5.28. The smallest absolute Gasteiger partial charge is 0.337 e. The quantitative estimate of drug-likeness (QED) is 0.372. The Bertz CT molecular complexity index is 1400. The molecule has 3 aromatic rings. The SMILES string of the molecule is COC(=O)c1ccc2c(c1)C=CC1(O2)N(C)c2ccc(C(=O)c3ccc(N(C)C)cc3)cc2C1(C)C. The number of carbonyl (C=O) groups excluding carboxylic acids is 2. The minimum absolute atomic E-state index is 0.0108. The number of esters is 1. The van der Waals surface area contributed by atoms with Crippen LogP contribution in [-0.4, -0.2) is 45.7 Å². The van der Waals surface area contributed by atoms with Crippen molar-refractivity contribution in [1.29, 1.82) is 0 Å². The van der Waals surface area contributed by atoms with E-state index in [1.165, 1.54) is 7.11 Å². The van der Waals surface area contributed by atoms with Crippen molar-refractivity contribution in [3.05, 3.63) is 94.6 Å². The van der Waals surface area contributed by atoms with Crippen molar-refractivity contribution in [3.63, 3.8) is 0 Å². The van der Waals surface area contributed by atoms with Crippen LogP contribution in [0.2, 0.25) is 0 Å². The zero-order valence-corrected chi connectivity index (χ0v) is 21.5. The third-order valence-corrected chi connectivity index (χ3v) is 7.52. The molecule has 0 amide bonds. The van der Waals surface area contributed by atoms with Crippen molar-refractivity contribution >= 4 is 29.2 Å². The lowest BCUT2D eigenvalue weighted by atomic mass is 9.76. The Hall–Kier alpha value is -4.06. The van der Waals surface area contributed by atoms with Gasteiger partial charge in [0.25, 0.3) is 0 Å². The average Bonchev–Trinajstić information content (AvgIpc) is 3.05. The lowest BCUT2D eigenvalue weighted by Crippen LogP contribution is -2.58. The van der Waals surface area contributed by atoms with Gasteiger partial charge in [-0.15, -0.1) is 0 Å². The zero-order chi connectivity index (χ0) is 25.8. The van der Waals surface area contributed by atoms with Gasteiger partial charge in [0.2, 0.25) is 5.72 Å². The van der Waals surface area contributed by atoms with Crippen LogP contribution in [0.1, 0.15) is 51.3 Å². The minimum atomic E-state index is -0.788. The maximum absolute atomic E-state index is 13.4. The van der Waals surface area contributed by atoms with Gasteiger partial charge < -0.3 is 19.3 Å². The van der Waals surface area contributed by atoms with Crippen molar-refractivity contribution < 1.29 is 19.1 Å². The Morgan fingerprint density at radius 2 is 1.58 bits per heavy atom. The fourth-order valence-corrected chi connectivity index (χ4v) is 5.28. The van der Waals surface area contributed by atoms with E-state index in [-0.39, 0.29) is 11.8 Å². The second-order valence-corrected chi connectivity index (χ2v) is 10.1. The van der Waals surface area contributed by atoms with E-state index >= 15 is 0 Å². The van der Waals surface area contributed by atoms with E-state index in [1.54, 1.807) is 12.1 Å². The molecular formula is C30H30N2O4. The van der Waals surface area contributed by atoms with Gasteiger partial charge in [0.1, 0.15) is 5.75 Å². The van der Waals surface area contributed by atoms with Gasteiger partial charge in [0.15, 0.2) is 5.78 Å². The molecule has 2 aliphatic rings. The first-order valence-electron chi connectivity index (χ1n) is 11.9. The Balaban J connectivity index is 1.50. The molecular weight excluding hydrogens is 452 g/mol. The van der Waals surface area contributed by atoms with Gasteiger partial charge in [-0.1, -0.05) is 0 Å². The number of anilines is 2. The van der Waals surface area contributed by atoms with E-state index < -0.39 is 11.1 Å². The molecule has 0 fully saturated rings. The summed E-state index contributed by atoms with van der Waals surface area (Å²) in [6, 6.07) is 18.8. The van der Waals surface area contributed by atoms with Crippen LogP contribution in [0.3, 0.4) is 0 Å². The summed E-state index contributed by atoms with van der Waals surface area (Å²) in [5, 5.41) is 0. The number of carbonyl (C=O) groups is 2. The summed E-state index contributed by atoms with van der Waals surface area (Å²) in [5.41, 5.74) is 4.44. The van der Waals surface area contributed by atoms with Crippen molar-refractivity contribution in [2.24, 2.45) is 0 Å². The Kier molecular flexibility index (Phi) is 5.43. The zero-order valence-electron chi connectivity index (χ0n) is 21.5. The molecule has 5 rings (SSSR count). The van der Waals surface area contributed by atoms with Crippen LogP contribution in [-0.2, 0) is 10.2 Å². The first-order valence-corrected chi connectivity index (χ1v) is 11.9. The van der Waals surface area contributed by atoms with E-state index in [9.17, 15) is 9.59 Å². The number of likely N-dealkylation sites (N-methyl/N-ethyl adjacent to an activating group) is 1. The molecule has 1 spiro atoms. The molecule has 0 saturated carbocycles. The Morgan fingerprint density at radius 3 is 2.25 bits per heavy atom. The molecule has 1 atom stereocenters. The van der Waals surface area contributed by atoms with Gasteiger partial charge in [0, 0.05) is 49.2 Å². The second kappa shape index (κ2) is 8.26. The monoisotopic (exact) mass is 482 g/mol. The van der Waals surface area contributed by atoms with Crippen LogP contribution in [0.5, 0.6) is 5.75 Å². The number of methoxy groups -OCH3 is 1. The highest BCUT2D eigenvalue weighted by Gasteiger charge is 2.57. The largest absolute Gasteiger partial charge is 0.465 e.